The summed E-state index contributed by atoms with van der Waals surface area (Å²) in [6.45, 7) is 1.99. The lowest BCUT2D eigenvalue weighted by Crippen LogP contribution is -2.37. The van der Waals surface area contributed by atoms with E-state index in [2.05, 4.69) is 21.2 Å². The quantitative estimate of drug-likeness (QED) is 0.918. The van der Waals surface area contributed by atoms with Crippen LogP contribution >= 0.6 is 15.9 Å². The molecule has 19 heavy (non-hydrogen) atoms. The molecule has 0 fully saturated rings. The topological polar surface area (TPSA) is 49.4 Å². The molecule has 0 saturated heterocycles. The smallest absolute Gasteiger partial charge is 0.254 e. The van der Waals surface area contributed by atoms with Gasteiger partial charge in [-0.25, -0.2) is 4.39 Å². The maximum absolute atomic E-state index is 13.4. The van der Waals surface area contributed by atoms with Crippen molar-refractivity contribution in [3.63, 3.8) is 0 Å². The maximum Gasteiger partial charge on any atom is 0.254 e. The number of hydrogen-bond acceptors (Lipinski definition) is 2. The Morgan fingerprint density at radius 3 is 2.68 bits per heavy atom. The van der Waals surface area contributed by atoms with Crippen LogP contribution in [-0.4, -0.2) is 37.4 Å². The average molecular weight is 331 g/mol. The van der Waals surface area contributed by atoms with E-state index in [-0.39, 0.29) is 34.3 Å². The van der Waals surface area contributed by atoms with E-state index < -0.39 is 5.82 Å². The van der Waals surface area contributed by atoms with Crippen LogP contribution in [0.3, 0.4) is 0 Å². The van der Waals surface area contributed by atoms with Crippen molar-refractivity contribution in [3.8, 4) is 0 Å². The fourth-order valence-electron chi connectivity index (χ4n) is 1.70. The predicted octanol–water partition coefficient (Wildman–Crippen LogP) is 2.04. The number of amides is 2. The molecular weight excluding hydrogens is 315 g/mol. The third-order valence-corrected chi connectivity index (χ3v) is 3.58. The first-order valence-electron chi connectivity index (χ1n) is 5.79. The second-order valence-corrected chi connectivity index (χ2v) is 5.10. The van der Waals surface area contributed by atoms with Crippen molar-refractivity contribution < 1.29 is 14.0 Å². The molecule has 6 heteroatoms. The first-order chi connectivity index (χ1) is 8.88. The van der Waals surface area contributed by atoms with Gasteiger partial charge in [0, 0.05) is 20.6 Å². The lowest BCUT2D eigenvalue weighted by atomic mass is 10.1. The fraction of sp³-hybridized carbons (Fsp3) is 0.385. The van der Waals surface area contributed by atoms with Crippen LogP contribution in [0.4, 0.5) is 4.39 Å². The van der Waals surface area contributed by atoms with Gasteiger partial charge in [0.05, 0.1) is 16.0 Å². The fourth-order valence-corrected chi connectivity index (χ4v) is 2.13. The van der Waals surface area contributed by atoms with Crippen molar-refractivity contribution in [2.24, 2.45) is 5.92 Å². The normalized spacial score (nSPS) is 11.8. The SMILES string of the molecule is CNC(=O)C(C)CN(C)C(=O)c1cccc(F)c1Br. The van der Waals surface area contributed by atoms with Gasteiger partial charge in [-0.05, 0) is 28.1 Å². The largest absolute Gasteiger partial charge is 0.359 e. The second kappa shape index (κ2) is 6.65. The van der Waals surface area contributed by atoms with E-state index in [0.29, 0.717) is 0 Å². The molecule has 2 amide bonds. The minimum Gasteiger partial charge on any atom is -0.359 e. The van der Waals surface area contributed by atoms with Gasteiger partial charge in [0.2, 0.25) is 5.91 Å². The summed E-state index contributed by atoms with van der Waals surface area (Å²) in [6.07, 6.45) is 0. The molecule has 4 nitrogen and oxygen atoms in total. The summed E-state index contributed by atoms with van der Waals surface area (Å²) in [7, 11) is 3.13. The monoisotopic (exact) mass is 330 g/mol. The molecule has 0 aromatic heterocycles. The Hall–Kier alpha value is -1.43. The number of carbonyl (C=O) groups is 2. The van der Waals surface area contributed by atoms with Crippen molar-refractivity contribution >= 4 is 27.7 Å². The lowest BCUT2D eigenvalue weighted by Gasteiger charge is -2.21. The van der Waals surface area contributed by atoms with E-state index in [1.165, 1.54) is 23.1 Å². The van der Waals surface area contributed by atoms with E-state index in [0.717, 1.165) is 0 Å². The highest BCUT2D eigenvalue weighted by atomic mass is 79.9. The van der Waals surface area contributed by atoms with Gasteiger partial charge in [0.1, 0.15) is 5.82 Å². The van der Waals surface area contributed by atoms with Gasteiger partial charge in [0.25, 0.3) is 5.91 Å². The summed E-state index contributed by atoms with van der Waals surface area (Å²) in [4.78, 5) is 25.0. The van der Waals surface area contributed by atoms with Gasteiger partial charge in [-0.1, -0.05) is 13.0 Å². The third-order valence-electron chi connectivity index (χ3n) is 2.77. The number of nitrogens with one attached hydrogen (secondary N) is 1. The molecule has 0 spiro atoms. The maximum atomic E-state index is 13.4. The zero-order valence-corrected chi connectivity index (χ0v) is 12.6. The van der Waals surface area contributed by atoms with Gasteiger partial charge in [0.15, 0.2) is 0 Å². The van der Waals surface area contributed by atoms with Crippen LogP contribution in [0.5, 0.6) is 0 Å². The molecule has 0 aliphatic rings. The van der Waals surface area contributed by atoms with Crippen LogP contribution in [0.25, 0.3) is 0 Å². The molecule has 1 aromatic rings. The second-order valence-electron chi connectivity index (χ2n) is 4.30. The van der Waals surface area contributed by atoms with E-state index in [4.69, 9.17) is 0 Å². The molecule has 1 atom stereocenters. The van der Waals surface area contributed by atoms with E-state index >= 15 is 0 Å². The van der Waals surface area contributed by atoms with Crippen LogP contribution in [0.15, 0.2) is 22.7 Å². The number of nitrogens with zero attached hydrogens (tertiary/aromatic N) is 1. The molecule has 0 radical (unpaired) electrons. The first-order valence-corrected chi connectivity index (χ1v) is 6.58. The highest BCUT2D eigenvalue weighted by Crippen LogP contribution is 2.21. The number of carbonyl (C=O) groups excluding carboxylic acids is 2. The molecule has 0 bridgehead atoms. The highest BCUT2D eigenvalue weighted by Gasteiger charge is 2.20. The van der Waals surface area contributed by atoms with Gasteiger partial charge in [-0.2, -0.15) is 0 Å². The molecule has 104 valence electrons. The van der Waals surface area contributed by atoms with Crippen molar-refractivity contribution in [2.45, 2.75) is 6.92 Å². The lowest BCUT2D eigenvalue weighted by molar-refractivity contribution is -0.124. The molecule has 0 heterocycles. The summed E-state index contributed by atoms with van der Waals surface area (Å²) in [5.41, 5.74) is 0.242. The first kappa shape index (κ1) is 15.6. The summed E-state index contributed by atoms with van der Waals surface area (Å²) < 4.78 is 13.5. The summed E-state index contributed by atoms with van der Waals surface area (Å²) >= 11 is 3.06. The molecular formula is C13H16BrFN2O2. The highest BCUT2D eigenvalue weighted by molar-refractivity contribution is 9.10. The Kier molecular flexibility index (Phi) is 5.47. The minimum absolute atomic E-state index is 0.138. The van der Waals surface area contributed by atoms with Gasteiger partial charge >= 0.3 is 0 Å². The van der Waals surface area contributed by atoms with Crippen molar-refractivity contribution in [1.29, 1.82) is 0 Å². The standard InChI is InChI=1S/C13H16BrFN2O2/c1-8(12(18)16-2)7-17(3)13(19)9-5-4-6-10(15)11(9)14/h4-6,8H,7H2,1-3H3,(H,16,18). The summed E-state index contributed by atoms with van der Waals surface area (Å²) in [6, 6.07) is 4.29. The Labute approximate surface area is 120 Å². The van der Waals surface area contributed by atoms with Crippen LogP contribution in [0.2, 0.25) is 0 Å². The Bertz CT molecular complexity index is 494. The molecule has 1 N–H and O–H groups in total. The van der Waals surface area contributed by atoms with E-state index in [1.54, 1.807) is 21.0 Å². The molecule has 0 aliphatic carbocycles. The minimum atomic E-state index is -0.487. The van der Waals surface area contributed by atoms with E-state index in [1.807, 2.05) is 0 Å². The van der Waals surface area contributed by atoms with Crippen molar-refractivity contribution in [3.05, 3.63) is 34.1 Å². The summed E-state index contributed by atoms with van der Waals surface area (Å²) in [5.74, 6) is -1.29. The Morgan fingerprint density at radius 2 is 2.11 bits per heavy atom. The molecule has 0 saturated carbocycles. The molecule has 1 aromatic carbocycles. The van der Waals surface area contributed by atoms with Crippen LogP contribution in [0.1, 0.15) is 17.3 Å². The van der Waals surface area contributed by atoms with E-state index in [9.17, 15) is 14.0 Å². The molecule has 1 rings (SSSR count). The van der Waals surface area contributed by atoms with Crippen molar-refractivity contribution in [1.82, 2.24) is 10.2 Å². The van der Waals surface area contributed by atoms with Gasteiger partial charge in [-0.3, -0.25) is 9.59 Å². The zero-order valence-electron chi connectivity index (χ0n) is 11.0. The zero-order chi connectivity index (χ0) is 14.6. The Balaban J connectivity index is 2.83. The predicted molar refractivity (Wildman–Crippen MR) is 74.3 cm³/mol. The number of benzene rings is 1. The van der Waals surface area contributed by atoms with Gasteiger partial charge < -0.3 is 10.2 Å². The summed E-state index contributed by atoms with van der Waals surface area (Å²) in [5, 5.41) is 2.52. The van der Waals surface area contributed by atoms with Crippen LogP contribution in [0, 0.1) is 11.7 Å². The van der Waals surface area contributed by atoms with Crippen LogP contribution < -0.4 is 5.32 Å². The van der Waals surface area contributed by atoms with Gasteiger partial charge in [-0.15, -0.1) is 0 Å². The molecule has 1 unspecified atom stereocenters. The average Bonchev–Trinajstić information content (AvgIpc) is 2.39. The number of halogens is 2. The molecule has 0 aliphatic heterocycles. The Morgan fingerprint density at radius 1 is 1.47 bits per heavy atom. The third kappa shape index (κ3) is 3.76. The van der Waals surface area contributed by atoms with Crippen LogP contribution in [-0.2, 0) is 4.79 Å². The number of hydrogen-bond donors (Lipinski definition) is 1. The number of rotatable bonds is 4. The van der Waals surface area contributed by atoms with Crippen molar-refractivity contribution in [2.75, 3.05) is 20.6 Å².